The van der Waals surface area contributed by atoms with E-state index in [1.165, 1.54) is 0 Å². The molecule has 25 heavy (non-hydrogen) atoms. The van der Waals surface area contributed by atoms with Crippen LogP contribution in [-0.4, -0.2) is 23.9 Å². The molecule has 0 radical (unpaired) electrons. The summed E-state index contributed by atoms with van der Waals surface area (Å²) in [6.45, 7) is 1.75. The van der Waals surface area contributed by atoms with Gasteiger partial charge < -0.3 is 4.90 Å². The van der Waals surface area contributed by atoms with Gasteiger partial charge in [-0.2, -0.15) is 5.26 Å². The molecule has 3 nitrogen and oxygen atoms in total. The van der Waals surface area contributed by atoms with Gasteiger partial charge in [0.2, 0.25) is 0 Å². The van der Waals surface area contributed by atoms with Crippen molar-refractivity contribution < 1.29 is 4.79 Å². The Kier molecular flexibility index (Phi) is 3.95. The number of nitriles is 1. The first-order chi connectivity index (χ1) is 12.2. The highest BCUT2D eigenvalue weighted by molar-refractivity contribution is 5.99. The first-order valence-corrected chi connectivity index (χ1v) is 8.54. The van der Waals surface area contributed by atoms with Gasteiger partial charge in [0, 0.05) is 18.7 Å². The fourth-order valence-electron chi connectivity index (χ4n) is 3.17. The predicted octanol–water partition coefficient (Wildman–Crippen LogP) is 4.42. The Morgan fingerprint density at radius 3 is 2.28 bits per heavy atom. The van der Waals surface area contributed by atoms with Crippen LogP contribution in [0.2, 0.25) is 0 Å². The highest BCUT2D eigenvalue weighted by atomic mass is 16.2. The standard InChI is InChI=1S/C22H18N2O/c23-11-10-16-2-4-17(5-3-16)18-6-7-20-15-21(9-8-19(20)14-18)22(25)24-12-1-13-24/h2-9,14-15H,1,10,12-13H2. The SMILES string of the molecule is N#CCc1ccc(-c2ccc3cc(C(=O)N4CCC4)ccc3c2)cc1. The molecule has 3 heteroatoms. The summed E-state index contributed by atoms with van der Waals surface area (Å²) in [6, 6.07) is 22.5. The summed E-state index contributed by atoms with van der Waals surface area (Å²) in [6.07, 6.45) is 1.54. The van der Waals surface area contributed by atoms with Crippen molar-refractivity contribution in [3.8, 4) is 17.2 Å². The fourth-order valence-corrected chi connectivity index (χ4v) is 3.17. The van der Waals surface area contributed by atoms with Gasteiger partial charge in [-0.1, -0.05) is 42.5 Å². The van der Waals surface area contributed by atoms with Crippen molar-refractivity contribution in [2.24, 2.45) is 0 Å². The minimum atomic E-state index is 0.130. The molecular formula is C22H18N2O. The van der Waals surface area contributed by atoms with Gasteiger partial charge >= 0.3 is 0 Å². The van der Waals surface area contributed by atoms with Crippen LogP contribution in [-0.2, 0) is 6.42 Å². The normalized spacial score (nSPS) is 13.3. The van der Waals surface area contributed by atoms with Crippen LogP contribution in [0.4, 0.5) is 0 Å². The summed E-state index contributed by atoms with van der Waals surface area (Å²) in [5.74, 6) is 0.130. The topological polar surface area (TPSA) is 44.1 Å². The van der Waals surface area contributed by atoms with Crippen LogP contribution < -0.4 is 0 Å². The minimum Gasteiger partial charge on any atom is -0.339 e. The van der Waals surface area contributed by atoms with Crippen LogP contribution in [0.25, 0.3) is 21.9 Å². The van der Waals surface area contributed by atoms with Crippen LogP contribution >= 0.6 is 0 Å². The lowest BCUT2D eigenvalue weighted by Gasteiger charge is -2.31. The van der Waals surface area contributed by atoms with Crippen molar-refractivity contribution >= 4 is 16.7 Å². The zero-order chi connectivity index (χ0) is 17.2. The number of amides is 1. The molecule has 0 aliphatic carbocycles. The Balaban J connectivity index is 1.64. The zero-order valence-electron chi connectivity index (χ0n) is 13.9. The third-order valence-electron chi connectivity index (χ3n) is 4.80. The first-order valence-electron chi connectivity index (χ1n) is 8.54. The molecule has 1 fully saturated rings. The summed E-state index contributed by atoms with van der Waals surface area (Å²) < 4.78 is 0. The van der Waals surface area contributed by atoms with E-state index in [1.807, 2.05) is 35.2 Å². The molecule has 1 heterocycles. The molecule has 1 aliphatic rings. The van der Waals surface area contributed by atoms with E-state index in [0.717, 1.165) is 52.5 Å². The number of fused-ring (bicyclic) bond motifs is 1. The van der Waals surface area contributed by atoms with E-state index < -0.39 is 0 Å². The van der Waals surface area contributed by atoms with Crippen molar-refractivity contribution in [3.05, 3.63) is 71.8 Å². The Hall–Kier alpha value is -3.12. The molecule has 0 spiro atoms. The second kappa shape index (κ2) is 6.41. The number of rotatable bonds is 3. The van der Waals surface area contributed by atoms with Gasteiger partial charge in [-0.05, 0) is 52.1 Å². The van der Waals surface area contributed by atoms with Crippen LogP contribution in [0.5, 0.6) is 0 Å². The lowest BCUT2D eigenvalue weighted by Crippen LogP contribution is -2.41. The largest absolute Gasteiger partial charge is 0.339 e. The molecule has 0 N–H and O–H groups in total. The highest BCUT2D eigenvalue weighted by Crippen LogP contribution is 2.26. The number of carbonyl (C=O) groups excluding carboxylic acids is 1. The maximum absolute atomic E-state index is 12.3. The lowest BCUT2D eigenvalue weighted by molar-refractivity contribution is 0.0652. The Morgan fingerprint density at radius 1 is 0.920 bits per heavy atom. The summed E-state index contributed by atoms with van der Waals surface area (Å²) in [7, 11) is 0. The van der Waals surface area contributed by atoms with E-state index in [1.54, 1.807) is 0 Å². The van der Waals surface area contributed by atoms with Gasteiger partial charge in [0.1, 0.15) is 0 Å². The van der Waals surface area contributed by atoms with Gasteiger partial charge in [-0.3, -0.25) is 4.79 Å². The van der Waals surface area contributed by atoms with Gasteiger partial charge in [0.25, 0.3) is 5.91 Å². The molecule has 3 aromatic carbocycles. The van der Waals surface area contributed by atoms with Crippen LogP contribution in [0.1, 0.15) is 22.3 Å². The molecule has 0 atom stereocenters. The summed E-state index contributed by atoms with van der Waals surface area (Å²) >= 11 is 0. The number of hydrogen-bond acceptors (Lipinski definition) is 2. The lowest BCUT2D eigenvalue weighted by atomic mass is 9.98. The van der Waals surface area contributed by atoms with Crippen molar-refractivity contribution in [1.29, 1.82) is 5.26 Å². The molecular weight excluding hydrogens is 308 g/mol. The molecule has 1 aliphatic heterocycles. The zero-order valence-corrected chi connectivity index (χ0v) is 13.9. The third kappa shape index (κ3) is 2.99. The van der Waals surface area contributed by atoms with E-state index in [2.05, 4.69) is 36.4 Å². The molecule has 0 bridgehead atoms. The molecule has 1 amide bonds. The number of hydrogen-bond donors (Lipinski definition) is 0. The van der Waals surface area contributed by atoms with E-state index in [0.29, 0.717) is 6.42 Å². The molecule has 0 unspecified atom stereocenters. The van der Waals surface area contributed by atoms with Crippen LogP contribution in [0, 0.1) is 11.3 Å². The average molecular weight is 326 g/mol. The van der Waals surface area contributed by atoms with E-state index in [-0.39, 0.29) is 5.91 Å². The number of benzene rings is 3. The van der Waals surface area contributed by atoms with Crippen LogP contribution in [0.15, 0.2) is 60.7 Å². The van der Waals surface area contributed by atoms with Crippen molar-refractivity contribution in [2.75, 3.05) is 13.1 Å². The smallest absolute Gasteiger partial charge is 0.253 e. The van der Waals surface area contributed by atoms with E-state index in [9.17, 15) is 4.79 Å². The number of carbonyl (C=O) groups is 1. The van der Waals surface area contributed by atoms with Crippen LogP contribution in [0.3, 0.4) is 0 Å². The number of nitrogens with zero attached hydrogens (tertiary/aromatic N) is 2. The Bertz CT molecular complexity index is 979. The predicted molar refractivity (Wildman–Crippen MR) is 99.2 cm³/mol. The monoisotopic (exact) mass is 326 g/mol. The van der Waals surface area contributed by atoms with E-state index >= 15 is 0 Å². The molecule has 122 valence electrons. The molecule has 0 aromatic heterocycles. The molecule has 4 rings (SSSR count). The Morgan fingerprint density at radius 2 is 1.60 bits per heavy atom. The highest BCUT2D eigenvalue weighted by Gasteiger charge is 2.21. The fraction of sp³-hybridized carbons (Fsp3) is 0.182. The molecule has 0 saturated carbocycles. The third-order valence-corrected chi connectivity index (χ3v) is 4.80. The van der Waals surface area contributed by atoms with Gasteiger partial charge in [-0.15, -0.1) is 0 Å². The quantitative estimate of drug-likeness (QED) is 0.715. The number of likely N-dealkylation sites (tertiary alicyclic amines) is 1. The van der Waals surface area contributed by atoms with E-state index in [4.69, 9.17) is 5.26 Å². The second-order valence-corrected chi connectivity index (χ2v) is 6.45. The second-order valence-electron chi connectivity index (χ2n) is 6.45. The van der Waals surface area contributed by atoms with Crippen molar-refractivity contribution in [1.82, 2.24) is 4.90 Å². The minimum absolute atomic E-state index is 0.130. The summed E-state index contributed by atoms with van der Waals surface area (Å²) in [4.78, 5) is 14.2. The average Bonchev–Trinajstić information content (AvgIpc) is 2.60. The summed E-state index contributed by atoms with van der Waals surface area (Å²) in [5.41, 5.74) is 4.06. The first kappa shape index (κ1) is 15.4. The molecule has 3 aromatic rings. The van der Waals surface area contributed by atoms with Gasteiger partial charge in [0.15, 0.2) is 0 Å². The maximum atomic E-state index is 12.3. The van der Waals surface area contributed by atoms with Crippen molar-refractivity contribution in [2.45, 2.75) is 12.8 Å². The maximum Gasteiger partial charge on any atom is 0.253 e. The Labute approximate surface area is 147 Å². The van der Waals surface area contributed by atoms with Gasteiger partial charge in [-0.25, -0.2) is 0 Å². The summed E-state index contributed by atoms with van der Waals surface area (Å²) in [5, 5.41) is 11.0. The van der Waals surface area contributed by atoms with Gasteiger partial charge in [0.05, 0.1) is 12.5 Å². The molecule has 1 saturated heterocycles. The van der Waals surface area contributed by atoms with Crippen molar-refractivity contribution in [3.63, 3.8) is 0 Å².